The Morgan fingerprint density at radius 3 is 2.06 bits per heavy atom. The smallest absolute Gasteiger partial charge is 0.431 e. The number of aliphatic carboxylic acids is 1. The van der Waals surface area contributed by atoms with E-state index in [4.69, 9.17) is 45.4 Å². The van der Waals surface area contributed by atoms with E-state index in [9.17, 15) is 74.6 Å². The number of para-hydroxylation sites is 1. The van der Waals surface area contributed by atoms with Crippen molar-refractivity contribution < 1.29 is 93.7 Å². The third-order valence-corrected chi connectivity index (χ3v) is 14.8. The summed E-state index contributed by atoms with van der Waals surface area (Å²) in [7, 11) is -3.94. The van der Waals surface area contributed by atoms with Gasteiger partial charge in [0.2, 0.25) is 5.91 Å². The molecule has 88 heavy (non-hydrogen) atoms. The van der Waals surface area contributed by atoms with Crippen LogP contribution in [-0.4, -0.2) is 131 Å². The summed E-state index contributed by atoms with van der Waals surface area (Å²) >= 11 is 5.76. The lowest BCUT2D eigenvalue weighted by molar-refractivity contribution is -0.385. The number of nitro benzene ring substituents is 1. The predicted molar refractivity (Wildman–Crippen MR) is 315 cm³/mol. The van der Waals surface area contributed by atoms with Gasteiger partial charge >= 0.3 is 31.4 Å². The number of benzene rings is 4. The molecule has 0 radical (unpaired) electrons. The Balaban J connectivity index is 0.000000335. The molecule has 4 aromatic carbocycles. The number of sulfone groups is 1. The van der Waals surface area contributed by atoms with Gasteiger partial charge in [-0.1, -0.05) is 44.2 Å². The molecule has 25 nitrogen and oxygen atoms in total. The first-order valence-corrected chi connectivity index (χ1v) is 30.8. The zero-order valence-electron chi connectivity index (χ0n) is 49.3. The lowest BCUT2D eigenvalue weighted by Crippen LogP contribution is -2.43. The van der Waals surface area contributed by atoms with Gasteiger partial charge in [0.25, 0.3) is 11.2 Å². The van der Waals surface area contributed by atoms with Gasteiger partial charge < -0.3 is 38.7 Å². The number of Topliss-reactive ketones (excluding diaryl/α,β-unsaturated/α-hetero) is 3. The summed E-state index contributed by atoms with van der Waals surface area (Å²) < 4.78 is 94.7. The van der Waals surface area contributed by atoms with Crippen molar-refractivity contribution in [3.05, 3.63) is 149 Å². The summed E-state index contributed by atoms with van der Waals surface area (Å²) in [5, 5.41) is 21.2. The van der Waals surface area contributed by atoms with Crippen molar-refractivity contribution in [1.29, 1.82) is 0 Å². The van der Waals surface area contributed by atoms with Gasteiger partial charge in [-0.15, -0.1) is 11.6 Å². The number of nitrogens with zero attached hydrogens (tertiary/aromatic N) is 4. The maximum absolute atomic E-state index is 13.1. The van der Waals surface area contributed by atoms with E-state index in [1.54, 1.807) is 18.9 Å². The van der Waals surface area contributed by atoms with E-state index in [2.05, 4.69) is 18.3 Å². The van der Waals surface area contributed by atoms with E-state index < -0.39 is 111 Å². The number of aryl methyl sites for hydroxylation is 3. The Hall–Kier alpha value is -7.92. The van der Waals surface area contributed by atoms with E-state index in [-0.39, 0.29) is 47.9 Å². The first-order chi connectivity index (χ1) is 41.1. The molecule has 5 aromatic rings. The van der Waals surface area contributed by atoms with Crippen LogP contribution in [0.25, 0.3) is 5.69 Å². The zero-order valence-corrected chi connectivity index (χ0v) is 51.8. The highest BCUT2D eigenvalue weighted by molar-refractivity contribution is 7.90. The number of ether oxygens (including phenoxy) is 4. The van der Waals surface area contributed by atoms with E-state index >= 15 is 0 Å². The molecule has 2 unspecified atom stereocenters. The highest BCUT2D eigenvalue weighted by Crippen LogP contribution is 2.33. The minimum atomic E-state index is -4.84. The van der Waals surface area contributed by atoms with E-state index in [1.165, 1.54) is 31.4 Å². The van der Waals surface area contributed by atoms with Crippen LogP contribution in [-0.2, 0) is 80.5 Å². The monoisotopic (exact) mass is 1300 g/mol. The number of carboxylic acid groups (broad SMARTS) is 1. The highest BCUT2D eigenvalue weighted by atomic mass is 35.5. The fourth-order valence-electron chi connectivity index (χ4n) is 8.52. The number of hydrogen-bond acceptors (Lipinski definition) is 18. The number of hydrogen-bond donors (Lipinski definition) is 4. The molecule has 1 aliphatic carbocycles. The maximum Gasteiger partial charge on any atom is 0.431 e. The second kappa shape index (κ2) is 33.4. The topological polar surface area (TPSA) is 354 Å². The lowest BCUT2D eigenvalue weighted by atomic mass is 9.81. The fraction of sp³-hybridized carbons (Fsp3) is 0.404. The minimum absolute atomic E-state index is 0.0223. The lowest BCUT2D eigenvalue weighted by Gasteiger charge is -2.31. The van der Waals surface area contributed by atoms with Crippen LogP contribution in [0.1, 0.15) is 85.3 Å². The normalized spacial score (nSPS) is 13.2. The van der Waals surface area contributed by atoms with Gasteiger partial charge in [0, 0.05) is 51.0 Å². The van der Waals surface area contributed by atoms with Crippen molar-refractivity contribution >= 4 is 75.6 Å². The number of ketones is 3. The molecular formula is C57H68ClF3N5O20PS. The Morgan fingerprint density at radius 2 is 1.55 bits per heavy atom. The number of methoxy groups -OCH3 is 2. The highest BCUT2D eigenvalue weighted by Gasteiger charge is 2.40. The molecule has 480 valence electrons. The number of halogens is 4. The van der Waals surface area contributed by atoms with Crippen LogP contribution in [0.15, 0.2) is 99.4 Å². The SMILES string of the molecule is CCc1ccc(COc2ccc(-n3c(=O)cc(C(F)(F)F)n(C)c3=O)cc2)c(OC(C)C(=O)OC)c1.CCc1cccc(C)c1N(C(=O)CCl)C(C)COC.CS(=O)(=O)c1ccc(C(=O)C2C(=O)CCCC2=O)c([N+](=O)[O-])c1.O=C(O)CNCP(=O)(O)O. The van der Waals surface area contributed by atoms with E-state index in [0.29, 0.717) is 45.3 Å². The summed E-state index contributed by atoms with van der Waals surface area (Å²) in [6.07, 6.45) is -3.26. The third-order valence-electron chi connectivity index (χ3n) is 12.9. The molecule has 1 heterocycles. The molecule has 1 aromatic heterocycles. The Morgan fingerprint density at radius 1 is 0.920 bits per heavy atom. The molecule has 31 heteroatoms. The second-order valence-electron chi connectivity index (χ2n) is 19.5. The van der Waals surface area contributed by atoms with Gasteiger partial charge in [0.15, 0.2) is 33.3 Å². The average Bonchev–Trinajstić information content (AvgIpc) is 2.05. The first kappa shape index (κ1) is 74.3. The summed E-state index contributed by atoms with van der Waals surface area (Å²) in [5.41, 5.74) is 0.242. The zero-order chi connectivity index (χ0) is 66.6. The van der Waals surface area contributed by atoms with Gasteiger partial charge in [0.05, 0.1) is 59.3 Å². The molecule has 0 bridgehead atoms. The van der Waals surface area contributed by atoms with E-state index in [1.807, 2.05) is 51.1 Å². The molecule has 1 aliphatic rings. The van der Waals surface area contributed by atoms with Crippen LogP contribution in [0.3, 0.4) is 0 Å². The van der Waals surface area contributed by atoms with Gasteiger partial charge in [-0.25, -0.2) is 22.6 Å². The molecule has 1 amide bonds. The second-order valence-corrected chi connectivity index (χ2v) is 23.4. The largest absolute Gasteiger partial charge is 0.489 e. The van der Waals surface area contributed by atoms with Crippen molar-refractivity contribution in [3.63, 3.8) is 0 Å². The Kier molecular flexibility index (Phi) is 28.2. The Bertz CT molecular complexity index is 3620. The average molecular weight is 1300 g/mol. The van der Waals surface area contributed by atoms with Crippen molar-refractivity contribution in [3.8, 4) is 17.2 Å². The van der Waals surface area contributed by atoms with Crippen LogP contribution in [0, 0.1) is 23.0 Å². The number of rotatable bonds is 22. The van der Waals surface area contributed by atoms with Crippen LogP contribution >= 0.6 is 19.2 Å². The van der Waals surface area contributed by atoms with Crippen LogP contribution < -0.4 is 30.9 Å². The quantitative estimate of drug-likeness (QED) is 0.0106. The van der Waals surface area contributed by atoms with Crippen molar-refractivity contribution in [2.45, 2.75) is 96.5 Å². The van der Waals surface area contributed by atoms with Gasteiger partial charge in [0.1, 0.15) is 35.6 Å². The van der Waals surface area contributed by atoms with Crippen molar-refractivity contribution in [2.24, 2.45) is 13.0 Å². The number of anilines is 1. The molecule has 2 atom stereocenters. The molecular weight excluding hydrogens is 1230 g/mol. The number of amides is 1. The molecule has 0 saturated heterocycles. The number of carbonyl (C=O) groups is 6. The van der Waals surface area contributed by atoms with E-state index in [0.717, 1.165) is 66.7 Å². The molecule has 1 fully saturated rings. The summed E-state index contributed by atoms with van der Waals surface area (Å²) in [6.45, 7) is 9.75. The number of aromatic nitrogens is 2. The summed E-state index contributed by atoms with van der Waals surface area (Å²) in [4.78, 5) is 123. The molecule has 1 saturated carbocycles. The van der Waals surface area contributed by atoms with Crippen LogP contribution in [0.4, 0.5) is 24.5 Å². The molecule has 6 rings (SSSR count). The van der Waals surface area contributed by atoms with Gasteiger partial charge in [-0.2, -0.15) is 13.2 Å². The number of alkyl halides is 4. The predicted octanol–water partition coefficient (Wildman–Crippen LogP) is 6.72. The fourth-order valence-corrected chi connectivity index (χ4v) is 9.70. The number of nitrogens with one attached hydrogen (secondary N) is 1. The number of nitro groups is 1. The first-order valence-electron chi connectivity index (χ1n) is 26.6. The summed E-state index contributed by atoms with van der Waals surface area (Å²) in [5.74, 6) is -4.55. The number of carbonyl (C=O) groups excluding carboxylic acids is 5. The Labute approximate surface area is 508 Å². The number of esters is 1. The minimum Gasteiger partial charge on any atom is -0.489 e. The van der Waals surface area contributed by atoms with Crippen LogP contribution in [0.5, 0.6) is 11.5 Å². The van der Waals surface area contributed by atoms with Crippen molar-refractivity contribution in [1.82, 2.24) is 14.5 Å². The molecule has 4 N–H and O–H groups in total. The molecule has 0 aliphatic heterocycles. The van der Waals surface area contributed by atoms with Gasteiger partial charge in [-0.3, -0.25) is 53.3 Å². The number of carboxylic acids is 1. The van der Waals surface area contributed by atoms with Crippen molar-refractivity contribution in [2.75, 3.05) is 50.7 Å². The standard InChI is InChI=1S/C25H25F3N2O6.C15H22ClNO2.C14H13NO7S.C3H8NO5P/c1-5-16-6-7-17(20(12-16)36-15(2)23(32)34-4)14-35-19-10-8-18(9-11-19)30-22(31)13-21(25(26,27)28)29(3)24(30)33;1-5-13-8-6-7-11(2)15(13)17(14(18)9-16)12(3)10-19-4;1-23(21,22)8-5-6-9(10(7-8)15(19)20)14(18)13-11(16)3-2-4-12(13)17;5-3(6)1-4-2-10(7,8)9/h6-13,15H,5,14H2,1-4H3;6-8,12H,5,9-10H2,1-4H3;5-7,13H,2-4H2,1H3;4H,1-2H2,(H,5,6)(H2,7,8,9). The summed E-state index contributed by atoms with van der Waals surface area (Å²) in [6, 6.07) is 20.5. The van der Waals surface area contributed by atoms with Crippen LogP contribution in [0.2, 0.25) is 0 Å². The molecule has 0 spiro atoms. The third kappa shape index (κ3) is 21.4. The maximum atomic E-state index is 13.1. The van der Waals surface area contributed by atoms with Gasteiger partial charge in [-0.05, 0) is 99.2 Å².